The third-order valence-electron chi connectivity index (χ3n) is 4.04. The Bertz CT molecular complexity index is 443. The molecule has 0 aromatic carbocycles. The van der Waals surface area contributed by atoms with Crippen LogP contribution in [0.5, 0.6) is 0 Å². The lowest BCUT2D eigenvalue weighted by atomic mass is 9.88. The number of hydrogen-bond donors (Lipinski definition) is 2. The van der Waals surface area contributed by atoms with Gasteiger partial charge in [0.25, 0.3) is 0 Å². The summed E-state index contributed by atoms with van der Waals surface area (Å²) in [6, 6.07) is 0.954. The Morgan fingerprint density at radius 2 is 2.39 bits per heavy atom. The van der Waals surface area contributed by atoms with Crippen LogP contribution in [0.3, 0.4) is 0 Å². The Balaban J connectivity index is 1.68. The Morgan fingerprint density at radius 3 is 2.94 bits per heavy atom. The van der Waals surface area contributed by atoms with E-state index in [0.717, 1.165) is 17.8 Å². The average molecular weight is 265 g/mol. The maximum Gasteiger partial charge on any atom is 0.225 e. The van der Waals surface area contributed by atoms with E-state index in [1.165, 1.54) is 6.42 Å². The van der Waals surface area contributed by atoms with Crippen molar-refractivity contribution in [2.75, 3.05) is 0 Å². The van der Waals surface area contributed by atoms with Gasteiger partial charge in [0, 0.05) is 23.7 Å². The number of fused-ring (bicyclic) bond motifs is 2. The van der Waals surface area contributed by atoms with Crippen LogP contribution < -0.4 is 10.6 Å². The highest BCUT2D eigenvalue weighted by Crippen LogP contribution is 2.34. The molecule has 5 heteroatoms. The molecule has 98 valence electrons. The lowest BCUT2D eigenvalue weighted by Gasteiger charge is -2.28. The van der Waals surface area contributed by atoms with Gasteiger partial charge in [0.05, 0.1) is 11.5 Å². The minimum absolute atomic E-state index is 0.142. The lowest BCUT2D eigenvalue weighted by Crippen LogP contribution is -2.46. The fraction of sp³-hybridized carbons (Fsp3) is 0.692. The minimum atomic E-state index is -0.368. The summed E-state index contributed by atoms with van der Waals surface area (Å²) in [6.45, 7) is 4.04. The number of rotatable bonds is 3. The second-order valence-corrected chi connectivity index (χ2v) is 6.74. The summed E-state index contributed by atoms with van der Waals surface area (Å²) in [4.78, 5) is 16.7. The fourth-order valence-corrected chi connectivity index (χ4v) is 3.82. The summed E-state index contributed by atoms with van der Waals surface area (Å²) in [5, 5.41) is 9.57. The van der Waals surface area contributed by atoms with Crippen LogP contribution in [0.4, 0.5) is 0 Å². The van der Waals surface area contributed by atoms with Crippen molar-refractivity contribution in [1.29, 1.82) is 0 Å². The van der Waals surface area contributed by atoms with Crippen LogP contribution in [-0.2, 0) is 10.3 Å². The van der Waals surface area contributed by atoms with Crippen LogP contribution >= 0.6 is 11.3 Å². The molecule has 2 bridgehead atoms. The van der Waals surface area contributed by atoms with Crippen LogP contribution in [0.25, 0.3) is 0 Å². The summed E-state index contributed by atoms with van der Waals surface area (Å²) in [7, 11) is 0. The molecular weight excluding hydrogens is 246 g/mol. The van der Waals surface area contributed by atoms with Crippen molar-refractivity contribution in [2.45, 2.75) is 50.7 Å². The number of thiazole rings is 1. The quantitative estimate of drug-likeness (QED) is 0.873. The Hall–Kier alpha value is -0.940. The number of carbonyl (C=O) groups is 1. The van der Waals surface area contributed by atoms with E-state index in [2.05, 4.69) is 15.6 Å². The van der Waals surface area contributed by atoms with Crippen LogP contribution in [0.1, 0.15) is 38.1 Å². The molecule has 0 spiro atoms. The molecule has 18 heavy (non-hydrogen) atoms. The fourth-order valence-electron chi connectivity index (χ4n) is 3.10. The molecule has 1 amide bonds. The van der Waals surface area contributed by atoms with Crippen LogP contribution in [0.2, 0.25) is 0 Å². The number of hydrogen-bond acceptors (Lipinski definition) is 4. The molecule has 1 aromatic rings. The number of amides is 1. The Labute approximate surface area is 111 Å². The zero-order chi connectivity index (χ0) is 12.8. The van der Waals surface area contributed by atoms with Crippen LogP contribution in [0, 0.1) is 5.92 Å². The summed E-state index contributed by atoms with van der Waals surface area (Å²) in [5.74, 6) is 0.317. The highest BCUT2D eigenvalue weighted by molar-refractivity contribution is 7.09. The van der Waals surface area contributed by atoms with Gasteiger partial charge >= 0.3 is 0 Å². The van der Waals surface area contributed by atoms with Gasteiger partial charge in [-0.2, -0.15) is 0 Å². The summed E-state index contributed by atoms with van der Waals surface area (Å²) < 4.78 is 0. The molecule has 3 atom stereocenters. The molecule has 0 saturated carbocycles. The smallest absolute Gasteiger partial charge is 0.225 e. The topological polar surface area (TPSA) is 54.0 Å². The van der Waals surface area contributed by atoms with E-state index < -0.39 is 0 Å². The molecule has 2 saturated heterocycles. The zero-order valence-corrected chi connectivity index (χ0v) is 11.6. The van der Waals surface area contributed by atoms with Crippen molar-refractivity contribution in [3.8, 4) is 0 Å². The van der Waals surface area contributed by atoms with E-state index in [-0.39, 0.29) is 17.4 Å². The highest BCUT2D eigenvalue weighted by atomic mass is 32.1. The third kappa shape index (κ3) is 2.06. The molecule has 4 nitrogen and oxygen atoms in total. The number of nitrogens with zero attached hydrogens (tertiary/aromatic N) is 1. The van der Waals surface area contributed by atoms with Gasteiger partial charge in [0.2, 0.25) is 5.91 Å². The SMILES string of the molecule is CC(C)(NC(=O)C1CC2CCC1N2)c1nccs1. The van der Waals surface area contributed by atoms with Gasteiger partial charge in [-0.1, -0.05) is 0 Å². The van der Waals surface area contributed by atoms with Crippen LogP contribution in [-0.4, -0.2) is 23.0 Å². The molecule has 2 aliphatic heterocycles. The van der Waals surface area contributed by atoms with E-state index in [0.29, 0.717) is 12.1 Å². The molecule has 3 heterocycles. The third-order valence-corrected chi connectivity index (χ3v) is 5.14. The van der Waals surface area contributed by atoms with Gasteiger partial charge in [-0.15, -0.1) is 11.3 Å². The van der Waals surface area contributed by atoms with Gasteiger partial charge in [-0.25, -0.2) is 4.98 Å². The summed E-state index contributed by atoms with van der Waals surface area (Å²) >= 11 is 1.59. The normalized spacial score (nSPS) is 30.7. The van der Waals surface area contributed by atoms with Crippen molar-refractivity contribution in [3.05, 3.63) is 16.6 Å². The molecule has 2 N–H and O–H groups in total. The minimum Gasteiger partial charge on any atom is -0.344 e. The lowest BCUT2D eigenvalue weighted by molar-refractivity contribution is -0.127. The van der Waals surface area contributed by atoms with Gasteiger partial charge in [-0.05, 0) is 33.1 Å². The predicted molar refractivity (Wildman–Crippen MR) is 71.3 cm³/mol. The van der Waals surface area contributed by atoms with Crippen molar-refractivity contribution in [3.63, 3.8) is 0 Å². The molecule has 2 fully saturated rings. The summed E-state index contributed by atoms with van der Waals surface area (Å²) in [6.07, 6.45) is 5.14. The van der Waals surface area contributed by atoms with Crippen molar-refractivity contribution >= 4 is 17.2 Å². The molecule has 3 unspecified atom stereocenters. The first-order chi connectivity index (χ1) is 8.56. The number of aromatic nitrogens is 1. The first-order valence-corrected chi connectivity index (χ1v) is 7.42. The van der Waals surface area contributed by atoms with Gasteiger partial charge in [0.1, 0.15) is 5.01 Å². The Kier molecular flexibility index (Phi) is 2.90. The van der Waals surface area contributed by atoms with E-state index in [4.69, 9.17) is 0 Å². The standard InChI is InChI=1S/C13H19N3OS/c1-13(2,12-14-5-6-18-12)16-11(17)9-7-8-3-4-10(9)15-8/h5-6,8-10,15H,3-4,7H2,1-2H3,(H,16,17). The van der Waals surface area contributed by atoms with Crippen LogP contribution in [0.15, 0.2) is 11.6 Å². The number of carbonyl (C=O) groups excluding carboxylic acids is 1. The zero-order valence-electron chi connectivity index (χ0n) is 10.8. The first kappa shape index (κ1) is 12.1. The molecular formula is C13H19N3OS. The van der Waals surface area contributed by atoms with E-state index in [9.17, 15) is 4.79 Å². The van der Waals surface area contributed by atoms with E-state index in [1.54, 1.807) is 17.5 Å². The van der Waals surface area contributed by atoms with Crippen molar-refractivity contribution in [2.24, 2.45) is 5.92 Å². The van der Waals surface area contributed by atoms with Gasteiger partial charge in [0.15, 0.2) is 0 Å². The Morgan fingerprint density at radius 1 is 1.56 bits per heavy atom. The average Bonchev–Trinajstić information content (AvgIpc) is 3.05. The number of nitrogens with one attached hydrogen (secondary N) is 2. The molecule has 0 aliphatic carbocycles. The molecule has 2 aliphatic rings. The maximum atomic E-state index is 12.4. The second-order valence-electron chi connectivity index (χ2n) is 5.84. The molecule has 1 aromatic heterocycles. The molecule has 3 rings (SSSR count). The van der Waals surface area contributed by atoms with Crippen molar-refractivity contribution in [1.82, 2.24) is 15.6 Å². The van der Waals surface area contributed by atoms with Gasteiger partial charge in [-0.3, -0.25) is 4.79 Å². The van der Waals surface area contributed by atoms with E-state index >= 15 is 0 Å². The van der Waals surface area contributed by atoms with Crippen molar-refractivity contribution < 1.29 is 4.79 Å². The second kappa shape index (κ2) is 4.31. The highest BCUT2D eigenvalue weighted by Gasteiger charge is 2.43. The first-order valence-electron chi connectivity index (χ1n) is 6.54. The maximum absolute atomic E-state index is 12.4. The molecule has 0 radical (unpaired) electrons. The van der Waals surface area contributed by atoms with E-state index in [1.807, 2.05) is 19.2 Å². The monoisotopic (exact) mass is 265 g/mol. The van der Waals surface area contributed by atoms with Gasteiger partial charge < -0.3 is 10.6 Å². The largest absolute Gasteiger partial charge is 0.344 e. The summed E-state index contributed by atoms with van der Waals surface area (Å²) in [5.41, 5.74) is -0.368. The predicted octanol–water partition coefficient (Wildman–Crippen LogP) is 1.63.